The third kappa shape index (κ3) is 7.35. The Morgan fingerprint density at radius 3 is 2.58 bits per heavy atom. The standard InChI is InChI=1S/C13H23N5O7S/c1-4-6-11(18(5-2)13(20)16-25-26(21,22)23)12(19)15-24-8-10-7-17(3)9-14-10/h7,9,11H,4-6,8H2,1-3H3,(H,15,19)(H,16,20)(H,21,22,23)/t11-/m0/s1. The first-order chi connectivity index (χ1) is 12.2. The van der Waals surface area contributed by atoms with Crippen LogP contribution in [0.1, 0.15) is 32.4 Å². The van der Waals surface area contributed by atoms with Crippen molar-refractivity contribution in [2.75, 3.05) is 6.54 Å². The van der Waals surface area contributed by atoms with Gasteiger partial charge in [0.15, 0.2) is 0 Å². The van der Waals surface area contributed by atoms with E-state index in [-0.39, 0.29) is 13.2 Å². The Morgan fingerprint density at radius 2 is 2.08 bits per heavy atom. The van der Waals surface area contributed by atoms with Gasteiger partial charge in [0.05, 0.1) is 12.0 Å². The molecule has 1 aromatic rings. The number of urea groups is 1. The van der Waals surface area contributed by atoms with Crippen molar-refractivity contribution in [1.82, 2.24) is 25.4 Å². The number of aromatic nitrogens is 2. The van der Waals surface area contributed by atoms with Crippen molar-refractivity contribution in [3.8, 4) is 0 Å². The predicted octanol–water partition coefficient (Wildman–Crippen LogP) is -0.0975. The van der Waals surface area contributed by atoms with Gasteiger partial charge in [0.1, 0.15) is 12.6 Å². The molecular formula is C13H23N5O7S. The van der Waals surface area contributed by atoms with E-state index in [0.29, 0.717) is 18.5 Å². The number of hydrogen-bond acceptors (Lipinski definition) is 7. The summed E-state index contributed by atoms with van der Waals surface area (Å²) in [6.07, 6.45) is 4.17. The molecule has 12 nitrogen and oxygen atoms in total. The second kappa shape index (κ2) is 10.1. The molecule has 3 N–H and O–H groups in total. The number of nitrogens with zero attached hydrogens (tertiary/aromatic N) is 3. The van der Waals surface area contributed by atoms with Crippen LogP contribution in [0.5, 0.6) is 0 Å². The maximum Gasteiger partial charge on any atom is 0.418 e. The fourth-order valence-electron chi connectivity index (χ4n) is 2.15. The van der Waals surface area contributed by atoms with Crippen LogP contribution in [-0.2, 0) is 38.0 Å². The van der Waals surface area contributed by atoms with Gasteiger partial charge in [-0.05, 0) is 13.3 Å². The Hall–Kier alpha value is -2.22. The van der Waals surface area contributed by atoms with Crippen molar-refractivity contribution in [2.24, 2.45) is 7.05 Å². The van der Waals surface area contributed by atoms with Crippen molar-refractivity contribution >= 4 is 22.3 Å². The van der Waals surface area contributed by atoms with Gasteiger partial charge < -0.3 is 9.47 Å². The van der Waals surface area contributed by atoms with Crippen LogP contribution in [0, 0.1) is 0 Å². The first kappa shape index (κ1) is 21.8. The Bertz CT molecular complexity index is 705. The molecule has 1 aromatic heterocycles. The number of aryl methyl sites for hydroxylation is 1. The van der Waals surface area contributed by atoms with E-state index in [0.717, 1.165) is 4.90 Å². The number of carbonyl (C=O) groups excluding carboxylic acids is 2. The second-order valence-corrected chi connectivity index (χ2v) is 6.32. The third-order valence-electron chi connectivity index (χ3n) is 3.23. The number of hydrogen-bond donors (Lipinski definition) is 3. The Morgan fingerprint density at radius 1 is 1.38 bits per heavy atom. The lowest BCUT2D eigenvalue weighted by Crippen LogP contribution is -2.52. The minimum atomic E-state index is -4.85. The fraction of sp³-hybridized carbons (Fsp3) is 0.615. The van der Waals surface area contributed by atoms with E-state index in [9.17, 15) is 18.0 Å². The van der Waals surface area contributed by atoms with Crippen LogP contribution in [0.15, 0.2) is 12.5 Å². The lowest BCUT2D eigenvalue weighted by atomic mass is 10.1. The molecule has 0 aromatic carbocycles. The second-order valence-electron chi connectivity index (χ2n) is 5.29. The summed E-state index contributed by atoms with van der Waals surface area (Å²) in [5.74, 6) is -0.591. The van der Waals surface area contributed by atoms with Gasteiger partial charge in [-0.1, -0.05) is 13.3 Å². The average molecular weight is 393 g/mol. The SMILES string of the molecule is CCC[C@@H](C(=O)NOCc1cn(C)cn1)N(CC)C(=O)NOS(=O)(=O)O. The van der Waals surface area contributed by atoms with Crippen molar-refractivity contribution in [1.29, 1.82) is 0 Å². The molecule has 0 spiro atoms. The highest BCUT2D eigenvalue weighted by molar-refractivity contribution is 7.80. The zero-order chi connectivity index (χ0) is 19.7. The summed E-state index contributed by atoms with van der Waals surface area (Å²) in [7, 11) is -3.06. The zero-order valence-corrected chi connectivity index (χ0v) is 15.5. The van der Waals surface area contributed by atoms with Gasteiger partial charge >= 0.3 is 16.4 Å². The molecule has 13 heteroatoms. The molecule has 148 valence electrons. The average Bonchev–Trinajstić information content (AvgIpc) is 2.97. The van der Waals surface area contributed by atoms with E-state index in [1.165, 1.54) is 0 Å². The summed E-state index contributed by atoms with van der Waals surface area (Å²) in [6.45, 7) is 3.53. The fourth-order valence-corrected chi connectivity index (χ4v) is 2.32. The van der Waals surface area contributed by atoms with Gasteiger partial charge in [-0.25, -0.2) is 15.3 Å². The molecule has 0 radical (unpaired) electrons. The van der Waals surface area contributed by atoms with Gasteiger partial charge in [-0.15, -0.1) is 4.28 Å². The topological polar surface area (TPSA) is 152 Å². The maximum absolute atomic E-state index is 12.3. The van der Waals surface area contributed by atoms with Crippen LogP contribution in [-0.4, -0.2) is 51.9 Å². The van der Waals surface area contributed by atoms with E-state index < -0.39 is 28.4 Å². The lowest BCUT2D eigenvalue weighted by molar-refractivity contribution is -0.139. The van der Waals surface area contributed by atoms with Crippen LogP contribution in [0.2, 0.25) is 0 Å². The molecule has 0 unspecified atom stereocenters. The van der Waals surface area contributed by atoms with Gasteiger partial charge in [0.2, 0.25) is 0 Å². The summed E-state index contributed by atoms with van der Waals surface area (Å²) in [6, 6.07) is -1.93. The molecular weight excluding hydrogens is 370 g/mol. The van der Waals surface area contributed by atoms with Crippen LogP contribution >= 0.6 is 0 Å². The predicted molar refractivity (Wildman–Crippen MR) is 88.4 cm³/mol. The van der Waals surface area contributed by atoms with Gasteiger partial charge in [0, 0.05) is 19.8 Å². The number of nitrogens with one attached hydrogen (secondary N) is 2. The molecule has 0 aliphatic heterocycles. The van der Waals surface area contributed by atoms with E-state index >= 15 is 0 Å². The molecule has 0 aliphatic rings. The lowest BCUT2D eigenvalue weighted by Gasteiger charge is -2.29. The Kier molecular flexibility index (Phi) is 8.44. The van der Waals surface area contributed by atoms with E-state index in [4.69, 9.17) is 9.39 Å². The molecule has 0 saturated heterocycles. The summed E-state index contributed by atoms with van der Waals surface area (Å²) < 4.78 is 35.2. The van der Waals surface area contributed by atoms with Crippen LogP contribution in [0.3, 0.4) is 0 Å². The molecule has 0 fully saturated rings. The summed E-state index contributed by atoms with van der Waals surface area (Å²) >= 11 is 0. The van der Waals surface area contributed by atoms with Gasteiger partial charge in [-0.3, -0.25) is 14.2 Å². The molecule has 0 bridgehead atoms. The van der Waals surface area contributed by atoms with Gasteiger partial charge in [-0.2, -0.15) is 13.9 Å². The summed E-state index contributed by atoms with van der Waals surface area (Å²) in [5, 5.41) is 0. The van der Waals surface area contributed by atoms with Crippen molar-refractivity contribution in [2.45, 2.75) is 39.3 Å². The Labute approximate surface area is 151 Å². The largest absolute Gasteiger partial charge is 0.418 e. The number of hydroxylamine groups is 2. The third-order valence-corrected chi connectivity index (χ3v) is 3.52. The molecule has 0 saturated carbocycles. The molecule has 1 rings (SSSR count). The highest BCUT2D eigenvalue weighted by Crippen LogP contribution is 2.09. The highest BCUT2D eigenvalue weighted by atomic mass is 32.3. The molecule has 26 heavy (non-hydrogen) atoms. The van der Waals surface area contributed by atoms with Crippen LogP contribution in [0.25, 0.3) is 0 Å². The normalized spacial score (nSPS) is 12.5. The number of imidazole rings is 1. The summed E-state index contributed by atoms with van der Waals surface area (Å²) in [5.41, 5.74) is 4.42. The smallest absolute Gasteiger partial charge is 0.340 e. The number of amides is 3. The van der Waals surface area contributed by atoms with E-state index in [1.807, 2.05) is 6.92 Å². The van der Waals surface area contributed by atoms with Crippen molar-refractivity contribution in [3.05, 3.63) is 18.2 Å². The molecule has 3 amide bonds. The number of likely N-dealkylation sites (N-methyl/N-ethyl adjacent to an activating group) is 1. The highest BCUT2D eigenvalue weighted by Gasteiger charge is 2.29. The zero-order valence-electron chi connectivity index (χ0n) is 14.7. The number of carbonyl (C=O) groups is 2. The van der Waals surface area contributed by atoms with Crippen molar-refractivity contribution < 1.29 is 31.7 Å². The first-order valence-electron chi connectivity index (χ1n) is 7.78. The van der Waals surface area contributed by atoms with Gasteiger partial charge in [0.25, 0.3) is 5.91 Å². The molecule has 0 aliphatic carbocycles. The molecule has 1 heterocycles. The summed E-state index contributed by atoms with van der Waals surface area (Å²) in [4.78, 5) is 34.6. The minimum absolute atomic E-state index is 0.0373. The van der Waals surface area contributed by atoms with Crippen LogP contribution < -0.4 is 11.0 Å². The quantitative estimate of drug-likeness (QED) is 0.368. The van der Waals surface area contributed by atoms with Crippen LogP contribution in [0.4, 0.5) is 4.79 Å². The molecule has 1 atom stereocenters. The van der Waals surface area contributed by atoms with E-state index in [2.05, 4.69) is 14.7 Å². The number of rotatable bonds is 10. The van der Waals surface area contributed by atoms with E-state index in [1.54, 1.807) is 36.5 Å². The monoisotopic (exact) mass is 393 g/mol. The minimum Gasteiger partial charge on any atom is -0.340 e. The van der Waals surface area contributed by atoms with Crippen molar-refractivity contribution in [3.63, 3.8) is 0 Å². The Balaban J connectivity index is 2.66. The first-order valence-corrected chi connectivity index (χ1v) is 9.15. The maximum atomic E-state index is 12.3.